The zero-order valence-corrected chi connectivity index (χ0v) is 10.5. The van der Waals surface area contributed by atoms with Crippen LogP contribution < -0.4 is 0 Å². The fourth-order valence-corrected chi connectivity index (χ4v) is 1.95. The summed E-state index contributed by atoms with van der Waals surface area (Å²) in [6, 6.07) is 0. The van der Waals surface area contributed by atoms with Gasteiger partial charge in [-0.1, -0.05) is 27.7 Å². The Morgan fingerprint density at radius 2 is 1.00 bits per heavy atom. The van der Waals surface area contributed by atoms with E-state index in [-0.39, 0.29) is 29.8 Å². The van der Waals surface area contributed by atoms with Crippen molar-refractivity contribution in [2.24, 2.45) is 11.8 Å². The fraction of sp³-hybridized carbons (Fsp3) is 0.846. The second-order valence-electron chi connectivity index (χ2n) is 4.14. The lowest BCUT2D eigenvalue weighted by Gasteiger charge is -2.14. The molecule has 0 saturated carbocycles. The van der Waals surface area contributed by atoms with Gasteiger partial charge in [0.1, 0.15) is 11.6 Å². The van der Waals surface area contributed by atoms with E-state index in [1.807, 2.05) is 27.7 Å². The van der Waals surface area contributed by atoms with Crippen LogP contribution >= 0.6 is 0 Å². The predicted octanol–water partition coefficient (Wildman–Crippen LogP) is 3.39. The van der Waals surface area contributed by atoms with Crippen LogP contribution in [0, 0.1) is 11.8 Å². The number of carbonyl (C=O) groups excluding carboxylic acids is 2. The molecule has 0 aliphatic carbocycles. The van der Waals surface area contributed by atoms with E-state index in [9.17, 15) is 9.59 Å². The highest BCUT2D eigenvalue weighted by Crippen LogP contribution is 2.16. The van der Waals surface area contributed by atoms with Crippen LogP contribution in [0.5, 0.6) is 0 Å². The molecule has 0 fully saturated rings. The molecule has 0 aromatic rings. The Kier molecular flexibility index (Phi) is 7.27. The molecule has 0 spiro atoms. The predicted molar refractivity (Wildman–Crippen MR) is 62.8 cm³/mol. The molecule has 0 aliphatic rings. The van der Waals surface area contributed by atoms with Gasteiger partial charge < -0.3 is 0 Å². The van der Waals surface area contributed by atoms with E-state index in [1.165, 1.54) is 0 Å². The number of Topliss-reactive ketones (excluding diaryl/α,β-unsaturated/α-hetero) is 2. The maximum atomic E-state index is 11.7. The molecule has 0 aromatic heterocycles. The van der Waals surface area contributed by atoms with Crippen molar-refractivity contribution in [2.45, 2.75) is 59.8 Å². The first-order valence-electron chi connectivity index (χ1n) is 6.15. The third kappa shape index (κ3) is 4.59. The standard InChI is InChI=1S/C13H24O2/c1-5-10(6-2)12(14)9-13(15)11(7-3)8-4/h10-11H,5-9H2,1-4H3. The van der Waals surface area contributed by atoms with Crippen molar-refractivity contribution in [1.82, 2.24) is 0 Å². The summed E-state index contributed by atoms with van der Waals surface area (Å²) in [7, 11) is 0. The minimum absolute atomic E-state index is 0.0864. The minimum Gasteiger partial charge on any atom is -0.299 e. The lowest BCUT2D eigenvalue weighted by Crippen LogP contribution is -2.21. The van der Waals surface area contributed by atoms with E-state index in [4.69, 9.17) is 0 Å². The Morgan fingerprint density at radius 1 is 0.733 bits per heavy atom. The SMILES string of the molecule is CCC(CC)C(=O)CC(=O)C(CC)CC. The van der Waals surface area contributed by atoms with Crippen molar-refractivity contribution in [3.05, 3.63) is 0 Å². The number of hydrogen-bond acceptors (Lipinski definition) is 2. The smallest absolute Gasteiger partial charge is 0.143 e. The maximum Gasteiger partial charge on any atom is 0.143 e. The van der Waals surface area contributed by atoms with Crippen LogP contribution in [-0.4, -0.2) is 11.6 Å². The molecule has 0 aliphatic heterocycles. The molecule has 2 nitrogen and oxygen atoms in total. The minimum atomic E-state index is 0.0864. The van der Waals surface area contributed by atoms with Crippen LogP contribution in [-0.2, 0) is 9.59 Å². The van der Waals surface area contributed by atoms with Crippen molar-refractivity contribution in [3.8, 4) is 0 Å². The Balaban J connectivity index is 4.21. The molecule has 0 rings (SSSR count). The molecule has 2 heteroatoms. The van der Waals surface area contributed by atoms with Gasteiger partial charge in [0.15, 0.2) is 0 Å². The molecular formula is C13H24O2. The normalized spacial score (nSPS) is 11.1. The second kappa shape index (κ2) is 7.61. The second-order valence-corrected chi connectivity index (χ2v) is 4.14. The third-order valence-electron chi connectivity index (χ3n) is 3.23. The van der Waals surface area contributed by atoms with Crippen LogP contribution in [0.3, 0.4) is 0 Å². The molecule has 0 bridgehead atoms. The van der Waals surface area contributed by atoms with Gasteiger partial charge in [-0.15, -0.1) is 0 Å². The van der Waals surface area contributed by atoms with Gasteiger partial charge in [0.2, 0.25) is 0 Å². The molecule has 0 amide bonds. The Bertz CT molecular complexity index is 179. The topological polar surface area (TPSA) is 34.1 Å². The number of hydrogen-bond donors (Lipinski definition) is 0. The fourth-order valence-electron chi connectivity index (χ4n) is 1.95. The van der Waals surface area contributed by atoms with E-state index in [2.05, 4.69) is 0 Å². The number of carbonyl (C=O) groups is 2. The number of rotatable bonds is 8. The summed E-state index contributed by atoms with van der Waals surface area (Å²) in [4.78, 5) is 23.5. The van der Waals surface area contributed by atoms with E-state index in [0.29, 0.717) is 0 Å². The highest BCUT2D eigenvalue weighted by molar-refractivity contribution is 6.00. The van der Waals surface area contributed by atoms with Gasteiger partial charge in [-0.05, 0) is 25.7 Å². The lowest BCUT2D eigenvalue weighted by molar-refractivity contribution is -0.131. The summed E-state index contributed by atoms with van der Waals surface area (Å²) < 4.78 is 0. The maximum absolute atomic E-state index is 11.7. The summed E-state index contributed by atoms with van der Waals surface area (Å²) in [5.74, 6) is 0.445. The van der Waals surface area contributed by atoms with Gasteiger partial charge in [-0.3, -0.25) is 9.59 Å². The van der Waals surface area contributed by atoms with Crippen LogP contribution in [0.1, 0.15) is 59.8 Å². The van der Waals surface area contributed by atoms with Gasteiger partial charge >= 0.3 is 0 Å². The Morgan fingerprint density at radius 3 is 1.20 bits per heavy atom. The van der Waals surface area contributed by atoms with Crippen molar-refractivity contribution in [3.63, 3.8) is 0 Å². The average molecular weight is 212 g/mol. The van der Waals surface area contributed by atoms with Gasteiger partial charge in [-0.25, -0.2) is 0 Å². The summed E-state index contributed by atoms with van der Waals surface area (Å²) in [6.45, 7) is 8.03. The van der Waals surface area contributed by atoms with Crippen molar-refractivity contribution >= 4 is 11.6 Å². The zero-order chi connectivity index (χ0) is 11.8. The van der Waals surface area contributed by atoms with Crippen LogP contribution in [0.25, 0.3) is 0 Å². The first-order chi connectivity index (χ1) is 7.10. The molecular weight excluding hydrogens is 188 g/mol. The van der Waals surface area contributed by atoms with Gasteiger partial charge in [0.25, 0.3) is 0 Å². The van der Waals surface area contributed by atoms with E-state index in [1.54, 1.807) is 0 Å². The largest absolute Gasteiger partial charge is 0.299 e. The summed E-state index contributed by atoms with van der Waals surface area (Å²) in [5.41, 5.74) is 0. The van der Waals surface area contributed by atoms with Crippen LogP contribution in [0.4, 0.5) is 0 Å². The van der Waals surface area contributed by atoms with E-state index < -0.39 is 0 Å². The molecule has 15 heavy (non-hydrogen) atoms. The molecule has 0 radical (unpaired) electrons. The van der Waals surface area contributed by atoms with Gasteiger partial charge in [0, 0.05) is 11.8 Å². The first kappa shape index (κ1) is 14.3. The lowest BCUT2D eigenvalue weighted by atomic mass is 9.89. The van der Waals surface area contributed by atoms with Crippen molar-refractivity contribution in [2.75, 3.05) is 0 Å². The summed E-state index contributed by atoms with van der Waals surface area (Å²) in [6.07, 6.45) is 3.56. The van der Waals surface area contributed by atoms with Crippen molar-refractivity contribution in [1.29, 1.82) is 0 Å². The van der Waals surface area contributed by atoms with Gasteiger partial charge in [-0.2, -0.15) is 0 Å². The van der Waals surface area contributed by atoms with Crippen molar-refractivity contribution < 1.29 is 9.59 Å². The highest BCUT2D eigenvalue weighted by atomic mass is 16.1. The summed E-state index contributed by atoms with van der Waals surface area (Å²) in [5, 5.41) is 0. The zero-order valence-electron chi connectivity index (χ0n) is 10.5. The van der Waals surface area contributed by atoms with E-state index in [0.717, 1.165) is 25.7 Å². The molecule has 0 unspecified atom stereocenters. The average Bonchev–Trinajstić information content (AvgIpc) is 2.21. The number of ketones is 2. The first-order valence-corrected chi connectivity index (χ1v) is 6.15. The summed E-state index contributed by atoms with van der Waals surface area (Å²) >= 11 is 0. The highest BCUT2D eigenvalue weighted by Gasteiger charge is 2.21. The molecule has 88 valence electrons. The molecule has 0 atom stereocenters. The molecule has 0 heterocycles. The Hall–Kier alpha value is -0.660. The third-order valence-corrected chi connectivity index (χ3v) is 3.23. The quantitative estimate of drug-likeness (QED) is 0.578. The van der Waals surface area contributed by atoms with Crippen LogP contribution in [0.15, 0.2) is 0 Å². The molecule has 0 saturated heterocycles. The Labute approximate surface area is 93.4 Å². The monoisotopic (exact) mass is 212 g/mol. The molecule has 0 aromatic carbocycles. The van der Waals surface area contributed by atoms with Gasteiger partial charge in [0.05, 0.1) is 6.42 Å². The van der Waals surface area contributed by atoms with Crippen LogP contribution in [0.2, 0.25) is 0 Å². The molecule has 0 N–H and O–H groups in total. The van der Waals surface area contributed by atoms with E-state index >= 15 is 0 Å².